The second-order valence-corrected chi connectivity index (χ2v) is 5.64. The van der Waals surface area contributed by atoms with Crippen LogP contribution in [0.2, 0.25) is 0 Å². The molecule has 0 aliphatic rings. The van der Waals surface area contributed by atoms with Crippen LogP contribution in [0.5, 0.6) is 11.5 Å². The van der Waals surface area contributed by atoms with E-state index in [1.54, 1.807) is 12.1 Å². The topological polar surface area (TPSA) is 100 Å². The molecule has 0 bridgehead atoms. The number of phenols is 1. The standard InChI is InChI=1S/C19H21N3O4/c1-13-3-6-15(7-4-13)21-18(24)9-10-19(25)22-20-12-14-5-8-16(23)17(11-14)26-2/h3-8,11-12,23H,9-10H2,1-2H3,(H,21,24)(H,22,25)/b20-12-. The number of nitrogens with one attached hydrogen (secondary N) is 2. The Hall–Kier alpha value is -3.35. The molecule has 0 fully saturated rings. The van der Waals surface area contributed by atoms with Crippen LogP contribution >= 0.6 is 0 Å². The van der Waals surface area contributed by atoms with Gasteiger partial charge in [-0.25, -0.2) is 5.43 Å². The first-order valence-electron chi connectivity index (χ1n) is 8.03. The highest BCUT2D eigenvalue weighted by Crippen LogP contribution is 2.25. The van der Waals surface area contributed by atoms with Crippen LogP contribution in [0.15, 0.2) is 47.6 Å². The maximum absolute atomic E-state index is 11.8. The summed E-state index contributed by atoms with van der Waals surface area (Å²) in [5.41, 5.74) is 4.81. The lowest BCUT2D eigenvalue weighted by Gasteiger charge is -2.05. The average molecular weight is 355 g/mol. The minimum Gasteiger partial charge on any atom is -0.504 e. The van der Waals surface area contributed by atoms with E-state index in [4.69, 9.17) is 4.74 Å². The number of carbonyl (C=O) groups excluding carboxylic acids is 2. The highest BCUT2D eigenvalue weighted by Gasteiger charge is 2.07. The van der Waals surface area contributed by atoms with E-state index in [1.165, 1.54) is 19.4 Å². The number of amides is 2. The first-order valence-corrected chi connectivity index (χ1v) is 8.03. The van der Waals surface area contributed by atoms with E-state index in [0.717, 1.165) is 5.56 Å². The molecule has 136 valence electrons. The number of nitrogens with zero attached hydrogens (tertiary/aromatic N) is 1. The summed E-state index contributed by atoms with van der Waals surface area (Å²) >= 11 is 0. The number of hydrazone groups is 1. The summed E-state index contributed by atoms with van der Waals surface area (Å²) in [5.74, 6) is -0.274. The molecular formula is C19H21N3O4. The molecule has 0 aromatic heterocycles. The Kier molecular flexibility index (Phi) is 6.73. The highest BCUT2D eigenvalue weighted by molar-refractivity contribution is 5.93. The van der Waals surface area contributed by atoms with Gasteiger partial charge in [-0.05, 0) is 42.8 Å². The number of benzene rings is 2. The fraction of sp³-hybridized carbons (Fsp3) is 0.211. The predicted molar refractivity (Wildman–Crippen MR) is 99.4 cm³/mol. The first-order chi connectivity index (χ1) is 12.5. The van der Waals surface area contributed by atoms with Crippen LogP contribution in [-0.2, 0) is 9.59 Å². The number of hydrogen-bond donors (Lipinski definition) is 3. The van der Waals surface area contributed by atoms with Crippen molar-refractivity contribution in [2.24, 2.45) is 5.10 Å². The van der Waals surface area contributed by atoms with E-state index < -0.39 is 0 Å². The minimum absolute atomic E-state index is 0.0216. The van der Waals surface area contributed by atoms with E-state index in [-0.39, 0.29) is 30.4 Å². The molecule has 0 atom stereocenters. The van der Waals surface area contributed by atoms with Crippen molar-refractivity contribution in [3.8, 4) is 11.5 Å². The number of anilines is 1. The van der Waals surface area contributed by atoms with Crippen molar-refractivity contribution in [3.63, 3.8) is 0 Å². The summed E-state index contributed by atoms with van der Waals surface area (Å²) in [6.45, 7) is 1.96. The Morgan fingerprint density at radius 1 is 1.12 bits per heavy atom. The van der Waals surface area contributed by atoms with Gasteiger partial charge in [0.1, 0.15) is 0 Å². The van der Waals surface area contributed by atoms with Gasteiger partial charge in [-0.1, -0.05) is 17.7 Å². The number of carbonyl (C=O) groups is 2. The summed E-state index contributed by atoms with van der Waals surface area (Å²) < 4.78 is 4.99. The Morgan fingerprint density at radius 3 is 2.50 bits per heavy atom. The summed E-state index contributed by atoms with van der Waals surface area (Å²) in [6.07, 6.45) is 1.50. The fourth-order valence-corrected chi connectivity index (χ4v) is 2.10. The number of aryl methyl sites for hydroxylation is 1. The van der Waals surface area contributed by atoms with E-state index in [2.05, 4.69) is 15.8 Å². The van der Waals surface area contributed by atoms with Crippen LogP contribution in [0, 0.1) is 6.92 Å². The fourth-order valence-electron chi connectivity index (χ4n) is 2.10. The quantitative estimate of drug-likeness (QED) is 0.525. The second-order valence-electron chi connectivity index (χ2n) is 5.64. The van der Waals surface area contributed by atoms with Crippen LogP contribution < -0.4 is 15.5 Å². The Bertz CT molecular complexity index is 801. The van der Waals surface area contributed by atoms with Gasteiger partial charge in [-0.15, -0.1) is 0 Å². The zero-order chi connectivity index (χ0) is 18.9. The molecule has 2 amide bonds. The number of phenolic OH excluding ortho intramolecular Hbond substituents is 1. The molecule has 7 heteroatoms. The van der Waals surface area contributed by atoms with Crippen molar-refractivity contribution >= 4 is 23.7 Å². The maximum atomic E-state index is 11.8. The largest absolute Gasteiger partial charge is 0.504 e. The summed E-state index contributed by atoms with van der Waals surface area (Å²) in [6, 6.07) is 12.1. The van der Waals surface area contributed by atoms with Crippen molar-refractivity contribution in [1.29, 1.82) is 0 Å². The normalized spacial score (nSPS) is 10.5. The molecule has 7 nitrogen and oxygen atoms in total. The molecule has 0 aliphatic heterocycles. The second kappa shape index (κ2) is 9.22. The van der Waals surface area contributed by atoms with Crippen molar-refractivity contribution in [3.05, 3.63) is 53.6 Å². The zero-order valence-electron chi connectivity index (χ0n) is 14.7. The molecule has 3 N–H and O–H groups in total. The number of methoxy groups -OCH3 is 1. The van der Waals surface area contributed by atoms with Gasteiger partial charge in [-0.3, -0.25) is 9.59 Å². The summed E-state index contributed by atoms with van der Waals surface area (Å²) in [5, 5.41) is 16.1. The van der Waals surface area contributed by atoms with Gasteiger partial charge in [0.05, 0.1) is 13.3 Å². The molecule has 0 heterocycles. The van der Waals surface area contributed by atoms with Gasteiger partial charge in [0.2, 0.25) is 11.8 Å². The van der Waals surface area contributed by atoms with Gasteiger partial charge in [-0.2, -0.15) is 5.10 Å². The summed E-state index contributed by atoms with van der Waals surface area (Å²) in [4.78, 5) is 23.6. The highest BCUT2D eigenvalue weighted by atomic mass is 16.5. The van der Waals surface area contributed by atoms with Gasteiger partial charge in [0.25, 0.3) is 0 Å². The Labute approximate surface area is 151 Å². The van der Waals surface area contributed by atoms with E-state index in [9.17, 15) is 14.7 Å². The zero-order valence-corrected chi connectivity index (χ0v) is 14.7. The molecule has 2 aromatic carbocycles. The smallest absolute Gasteiger partial charge is 0.240 e. The molecule has 26 heavy (non-hydrogen) atoms. The van der Waals surface area contributed by atoms with Crippen molar-refractivity contribution in [2.75, 3.05) is 12.4 Å². The van der Waals surface area contributed by atoms with Crippen molar-refractivity contribution < 1.29 is 19.4 Å². The van der Waals surface area contributed by atoms with Crippen LogP contribution in [0.1, 0.15) is 24.0 Å². The molecule has 2 rings (SSSR count). The molecule has 0 unspecified atom stereocenters. The molecule has 0 spiro atoms. The lowest BCUT2D eigenvalue weighted by atomic mass is 10.2. The van der Waals surface area contributed by atoms with Gasteiger partial charge in [0.15, 0.2) is 11.5 Å². The molecule has 0 aliphatic carbocycles. The predicted octanol–water partition coefficient (Wildman–Crippen LogP) is 2.58. The van der Waals surface area contributed by atoms with E-state index in [0.29, 0.717) is 17.0 Å². The number of rotatable bonds is 7. The Morgan fingerprint density at radius 2 is 1.81 bits per heavy atom. The molecule has 0 saturated heterocycles. The molecule has 0 saturated carbocycles. The van der Waals surface area contributed by atoms with E-state index >= 15 is 0 Å². The van der Waals surface area contributed by atoms with Crippen LogP contribution in [0.25, 0.3) is 0 Å². The van der Waals surface area contributed by atoms with Gasteiger partial charge >= 0.3 is 0 Å². The van der Waals surface area contributed by atoms with Crippen LogP contribution in [0.3, 0.4) is 0 Å². The molecule has 2 aromatic rings. The average Bonchev–Trinajstić information content (AvgIpc) is 2.63. The van der Waals surface area contributed by atoms with Crippen molar-refractivity contribution in [1.82, 2.24) is 5.43 Å². The molecular weight excluding hydrogens is 334 g/mol. The van der Waals surface area contributed by atoms with Gasteiger partial charge in [0, 0.05) is 18.5 Å². The monoisotopic (exact) mass is 355 g/mol. The number of ether oxygens (including phenoxy) is 1. The number of hydrogen-bond acceptors (Lipinski definition) is 5. The van der Waals surface area contributed by atoms with Gasteiger partial charge < -0.3 is 15.2 Å². The third-order valence-electron chi connectivity index (χ3n) is 3.52. The summed E-state index contributed by atoms with van der Waals surface area (Å²) in [7, 11) is 1.44. The third kappa shape index (κ3) is 5.94. The minimum atomic E-state index is -0.369. The van der Waals surface area contributed by atoms with Crippen LogP contribution in [-0.4, -0.2) is 30.2 Å². The SMILES string of the molecule is COc1cc(/C=N\NC(=O)CCC(=O)Nc2ccc(C)cc2)ccc1O. The molecule has 0 radical (unpaired) electrons. The number of aromatic hydroxyl groups is 1. The lowest BCUT2D eigenvalue weighted by Crippen LogP contribution is -2.20. The Balaban J connectivity index is 1.76. The maximum Gasteiger partial charge on any atom is 0.240 e. The lowest BCUT2D eigenvalue weighted by molar-refractivity contribution is -0.124. The van der Waals surface area contributed by atoms with E-state index in [1.807, 2.05) is 31.2 Å². The third-order valence-corrected chi connectivity index (χ3v) is 3.52. The van der Waals surface area contributed by atoms with Crippen LogP contribution in [0.4, 0.5) is 5.69 Å². The first kappa shape index (κ1) is 19.0. The van der Waals surface area contributed by atoms with Crippen molar-refractivity contribution in [2.45, 2.75) is 19.8 Å².